The molecule has 0 fully saturated rings. The standard InChI is InChI=1S/C7H5ClFO/c1-10-7-4-5(9)2-3-6(7)8/h2,4H,1H3. The fraction of sp³-hybridized carbons (Fsp3) is 0.143. The van der Waals surface area contributed by atoms with Crippen molar-refractivity contribution < 1.29 is 9.13 Å². The first-order chi connectivity index (χ1) is 4.74. The summed E-state index contributed by atoms with van der Waals surface area (Å²) in [6.45, 7) is 0. The van der Waals surface area contributed by atoms with Crippen molar-refractivity contribution in [2.45, 2.75) is 0 Å². The van der Waals surface area contributed by atoms with Gasteiger partial charge < -0.3 is 4.74 Å². The van der Waals surface area contributed by atoms with Gasteiger partial charge in [0.2, 0.25) is 0 Å². The SMILES string of the molecule is COc1cc(F)c[c]c1Cl. The van der Waals surface area contributed by atoms with Crippen LogP contribution in [0.2, 0.25) is 5.02 Å². The van der Waals surface area contributed by atoms with Crippen LogP contribution < -0.4 is 4.74 Å². The lowest BCUT2D eigenvalue weighted by molar-refractivity contribution is 0.411. The molecule has 0 aliphatic rings. The van der Waals surface area contributed by atoms with Crippen LogP contribution >= 0.6 is 11.6 Å². The minimum absolute atomic E-state index is 0.295. The molecule has 0 aliphatic heterocycles. The Bertz CT molecular complexity index is 237. The van der Waals surface area contributed by atoms with Gasteiger partial charge in [-0.25, -0.2) is 4.39 Å². The molecule has 0 bridgehead atoms. The number of hydrogen-bond acceptors (Lipinski definition) is 1. The van der Waals surface area contributed by atoms with Crippen LogP contribution in [-0.2, 0) is 0 Å². The molecule has 1 nitrogen and oxygen atoms in total. The molecule has 1 radical (unpaired) electrons. The first-order valence-corrected chi connectivity index (χ1v) is 3.02. The highest BCUT2D eigenvalue weighted by Crippen LogP contribution is 2.23. The van der Waals surface area contributed by atoms with E-state index in [0.29, 0.717) is 10.8 Å². The highest BCUT2D eigenvalue weighted by Gasteiger charge is 2.00. The Balaban J connectivity index is 3.09. The Hall–Kier alpha value is -0.760. The van der Waals surface area contributed by atoms with Crippen molar-refractivity contribution in [3.05, 3.63) is 29.0 Å². The van der Waals surface area contributed by atoms with Crippen LogP contribution in [0.15, 0.2) is 12.1 Å². The van der Waals surface area contributed by atoms with E-state index in [4.69, 9.17) is 16.3 Å². The van der Waals surface area contributed by atoms with Crippen LogP contribution in [0.5, 0.6) is 5.75 Å². The Kier molecular flexibility index (Phi) is 2.12. The van der Waals surface area contributed by atoms with Crippen molar-refractivity contribution in [1.82, 2.24) is 0 Å². The van der Waals surface area contributed by atoms with Gasteiger partial charge in [0.1, 0.15) is 11.6 Å². The van der Waals surface area contributed by atoms with Crippen molar-refractivity contribution in [2.75, 3.05) is 7.11 Å². The summed E-state index contributed by atoms with van der Waals surface area (Å²) in [7, 11) is 1.43. The lowest BCUT2D eigenvalue weighted by Gasteiger charge is -1.99. The Morgan fingerprint density at radius 1 is 1.70 bits per heavy atom. The van der Waals surface area contributed by atoms with Crippen molar-refractivity contribution in [3.8, 4) is 5.75 Å². The molecule has 0 heterocycles. The summed E-state index contributed by atoms with van der Waals surface area (Å²) < 4.78 is 17.1. The predicted molar refractivity (Wildman–Crippen MR) is 36.8 cm³/mol. The van der Waals surface area contributed by atoms with Crippen molar-refractivity contribution in [2.24, 2.45) is 0 Å². The van der Waals surface area contributed by atoms with Gasteiger partial charge >= 0.3 is 0 Å². The molecule has 0 saturated carbocycles. The maximum atomic E-state index is 12.4. The lowest BCUT2D eigenvalue weighted by Crippen LogP contribution is -1.84. The first-order valence-electron chi connectivity index (χ1n) is 2.65. The predicted octanol–water partition coefficient (Wildman–Crippen LogP) is 2.29. The summed E-state index contributed by atoms with van der Waals surface area (Å²) in [4.78, 5) is 0. The summed E-state index contributed by atoms with van der Waals surface area (Å²) in [6, 6.07) is 4.85. The Morgan fingerprint density at radius 3 is 2.90 bits per heavy atom. The van der Waals surface area contributed by atoms with Crippen LogP contribution in [0, 0.1) is 11.9 Å². The number of rotatable bonds is 1. The number of benzene rings is 1. The van der Waals surface area contributed by atoms with E-state index in [1.807, 2.05) is 0 Å². The average molecular weight is 160 g/mol. The molecule has 0 aromatic heterocycles. The summed E-state index contributed by atoms with van der Waals surface area (Å²) in [5.74, 6) is -0.0945. The van der Waals surface area contributed by atoms with Gasteiger partial charge in [0.15, 0.2) is 0 Å². The molecular formula is C7H5ClFO. The van der Waals surface area contributed by atoms with Gasteiger partial charge in [0.05, 0.1) is 12.1 Å². The monoisotopic (exact) mass is 159 g/mol. The van der Waals surface area contributed by atoms with Crippen LogP contribution in [0.1, 0.15) is 0 Å². The molecule has 0 spiro atoms. The van der Waals surface area contributed by atoms with Crippen LogP contribution in [-0.4, -0.2) is 7.11 Å². The molecule has 1 rings (SSSR count). The van der Waals surface area contributed by atoms with Crippen molar-refractivity contribution in [1.29, 1.82) is 0 Å². The molecule has 0 amide bonds. The molecule has 10 heavy (non-hydrogen) atoms. The van der Waals surface area contributed by atoms with Gasteiger partial charge in [-0.15, -0.1) is 0 Å². The molecule has 0 unspecified atom stereocenters. The zero-order valence-electron chi connectivity index (χ0n) is 5.32. The smallest absolute Gasteiger partial charge is 0.141 e. The fourth-order valence-electron chi connectivity index (χ4n) is 0.582. The molecule has 0 aliphatic carbocycles. The number of ether oxygens (including phenoxy) is 1. The van der Waals surface area contributed by atoms with E-state index in [0.717, 1.165) is 6.07 Å². The molecule has 53 valence electrons. The summed E-state index contributed by atoms with van der Waals surface area (Å²) in [5.41, 5.74) is 0. The maximum absolute atomic E-state index is 12.4. The molecule has 0 N–H and O–H groups in total. The second-order valence-electron chi connectivity index (χ2n) is 1.70. The first kappa shape index (κ1) is 7.35. The van der Waals surface area contributed by atoms with Gasteiger partial charge in [-0.05, 0) is 6.07 Å². The third kappa shape index (κ3) is 1.39. The Labute approximate surface area is 63.4 Å². The molecular weight excluding hydrogens is 155 g/mol. The quantitative estimate of drug-likeness (QED) is 0.611. The zero-order chi connectivity index (χ0) is 7.56. The van der Waals surface area contributed by atoms with Crippen LogP contribution in [0.25, 0.3) is 0 Å². The topological polar surface area (TPSA) is 9.23 Å². The van der Waals surface area contributed by atoms with Gasteiger partial charge in [-0.3, -0.25) is 0 Å². The maximum Gasteiger partial charge on any atom is 0.141 e. The Morgan fingerprint density at radius 2 is 2.40 bits per heavy atom. The van der Waals surface area contributed by atoms with Gasteiger partial charge in [-0.2, -0.15) is 0 Å². The van der Waals surface area contributed by atoms with Crippen molar-refractivity contribution >= 4 is 11.6 Å². The van der Waals surface area contributed by atoms with Crippen LogP contribution in [0.4, 0.5) is 4.39 Å². The summed E-state index contributed by atoms with van der Waals surface area (Å²) in [5, 5.41) is 0.295. The summed E-state index contributed by atoms with van der Waals surface area (Å²) >= 11 is 5.55. The highest BCUT2D eigenvalue weighted by atomic mass is 35.5. The van der Waals surface area contributed by atoms with E-state index in [-0.39, 0.29) is 0 Å². The van der Waals surface area contributed by atoms with Gasteiger partial charge in [0, 0.05) is 12.1 Å². The minimum Gasteiger partial charge on any atom is -0.495 e. The van der Waals surface area contributed by atoms with Gasteiger partial charge in [0.25, 0.3) is 0 Å². The van der Waals surface area contributed by atoms with E-state index in [1.54, 1.807) is 0 Å². The fourth-order valence-corrected chi connectivity index (χ4v) is 0.768. The van der Waals surface area contributed by atoms with Crippen molar-refractivity contribution in [3.63, 3.8) is 0 Å². The van der Waals surface area contributed by atoms with Gasteiger partial charge in [-0.1, -0.05) is 11.6 Å². The highest BCUT2D eigenvalue weighted by molar-refractivity contribution is 6.31. The summed E-state index contributed by atoms with van der Waals surface area (Å²) in [6.07, 6.45) is 0. The third-order valence-electron chi connectivity index (χ3n) is 1.04. The van der Waals surface area contributed by atoms with E-state index in [1.165, 1.54) is 13.2 Å². The largest absolute Gasteiger partial charge is 0.495 e. The minimum atomic E-state index is -0.402. The number of hydrogen-bond donors (Lipinski definition) is 0. The molecule has 0 atom stereocenters. The lowest BCUT2D eigenvalue weighted by atomic mass is 10.3. The second-order valence-corrected chi connectivity index (χ2v) is 2.08. The number of methoxy groups -OCH3 is 1. The normalized spacial score (nSPS) is 9.50. The zero-order valence-corrected chi connectivity index (χ0v) is 6.07. The van der Waals surface area contributed by atoms with Crippen LogP contribution in [0.3, 0.4) is 0 Å². The molecule has 1 aromatic rings. The third-order valence-corrected chi connectivity index (χ3v) is 1.34. The van der Waals surface area contributed by atoms with E-state index in [9.17, 15) is 4.39 Å². The van der Waals surface area contributed by atoms with E-state index >= 15 is 0 Å². The van der Waals surface area contributed by atoms with E-state index < -0.39 is 5.82 Å². The molecule has 0 saturated heterocycles. The average Bonchev–Trinajstić information content (AvgIpc) is 1.94. The molecule has 1 aromatic carbocycles. The van der Waals surface area contributed by atoms with E-state index in [2.05, 4.69) is 6.07 Å². The second kappa shape index (κ2) is 2.88. The molecule has 3 heteroatoms. The number of halogens is 2.